The van der Waals surface area contributed by atoms with Gasteiger partial charge in [0.05, 0.1) is 30.8 Å². The molecule has 0 saturated heterocycles. The van der Waals surface area contributed by atoms with E-state index in [-0.39, 0.29) is 6.01 Å². The van der Waals surface area contributed by atoms with Gasteiger partial charge in [-0.05, 0) is 29.8 Å². The van der Waals surface area contributed by atoms with Crippen LogP contribution in [0.25, 0.3) is 27.8 Å². The molecule has 0 aliphatic carbocycles. The van der Waals surface area contributed by atoms with Gasteiger partial charge in [0.1, 0.15) is 6.33 Å². The van der Waals surface area contributed by atoms with Gasteiger partial charge in [-0.1, -0.05) is 24.3 Å². The Morgan fingerprint density at radius 2 is 1.80 bits per heavy atom. The van der Waals surface area contributed by atoms with Gasteiger partial charge in [0, 0.05) is 11.9 Å². The molecule has 0 N–H and O–H groups in total. The summed E-state index contributed by atoms with van der Waals surface area (Å²) in [7, 11) is 3.11. The number of fused-ring (bicyclic) bond motifs is 1. The standard InChI is InChI=1S/C19H16N4O2/c1-24-18-15(11-20-19(22-18)25-2)13-6-5-7-14(10-13)23-12-21-16-8-3-4-9-17(16)23/h3-12H,1-2H3. The number of aromatic nitrogens is 4. The molecule has 0 spiro atoms. The highest BCUT2D eigenvalue weighted by molar-refractivity contribution is 5.78. The first-order valence-corrected chi connectivity index (χ1v) is 7.78. The van der Waals surface area contributed by atoms with Gasteiger partial charge < -0.3 is 9.47 Å². The van der Waals surface area contributed by atoms with Crippen molar-refractivity contribution in [2.75, 3.05) is 14.2 Å². The van der Waals surface area contributed by atoms with E-state index in [0.717, 1.165) is 27.8 Å². The van der Waals surface area contributed by atoms with Crippen molar-refractivity contribution in [1.82, 2.24) is 19.5 Å². The minimum atomic E-state index is 0.275. The zero-order valence-electron chi connectivity index (χ0n) is 13.9. The molecular weight excluding hydrogens is 316 g/mol. The zero-order chi connectivity index (χ0) is 17.2. The molecule has 2 aromatic heterocycles. The van der Waals surface area contributed by atoms with E-state index in [9.17, 15) is 0 Å². The van der Waals surface area contributed by atoms with Gasteiger partial charge in [-0.15, -0.1) is 0 Å². The van der Waals surface area contributed by atoms with Crippen LogP contribution in [0.4, 0.5) is 0 Å². The maximum atomic E-state index is 5.39. The largest absolute Gasteiger partial charge is 0.480 e. The van der Waals surface area contributed by atoms with E-state index in [2.05, 4.69) is 25.6 Å². The van der Waals surface area contributed by atoms with Gasteiger partial charge in [-0.3, -0.25) is 4.57 Å². The maximum Gasteiger partial charge on any atom is 0.319 e. The second-order valence-corrected chi connectivity index (χ2v) is 5.43. The number of nitrogens with zero attached hydrogens (tertiary/aromatic N) is 4. The first kappa shape index (κ1) is 15.1. The van der Waals surface area contributed by atoms with E-state index in [4.69, 9.17) is 9.47 Å². The third kappa shape index (κ3) is 2.67. The Balaban J connectivity index is 1.83. The first-order valence-electron chi connectivity index (χ1n) is 7.78. The van der Waals surface area contributed by atoms with Crippen LogP contribution in [0.3, 0.4) is 0 Å². The second-order valence-electron chi connectivity index (χ2n) is 5.43. The van der Waals surface area contributed by atoms with Crippen LogP contribution in [0.5, 0.6) is 11.9 Å². The Labute approximate surface area is 144 Å². The molecule has 124 valence electrons. The summed E-state index contributed by atoms with van der Waals surface area (Å²) in [5.74, 6) is 0.472. The van der Waals surface area contributed by atoms with Crippen LogP contribution < -0.4 is 9.47 Å². The molecule has 0 unspecified atom stereocenters. The van der Waals surface area contributed by atoms with E-state index in [0.29, 0.717) is 5.88 Å². The molecule has 0 aliphatic rings. The Bertz CT molecular complexity index is 1040. The summed E-state index contributed by atoms with van der Waals surface area (Å²) in [4.78, 5) is 12.9. The summed E-state index contributed by atoms with van der Waals surface area (Å²) in [5, 5.41) is 0. The van der Waals surface area contributed by atoms with E-state index in [1.807, 2.05) is 48.8 Å². The highest BCUT2D eigenvalue weighted by atomic mass is 16.5. The Hall–Kier alpha value is -3.41. The van der Waals surface area contributed by atoms with Crippen molar-refractivity contribution in [3.05, 3.63) is 61.1 Å². The fraction of sp³-hybridized carbons (Fsp3) is 0.105. The van der Waals surface area contributed by atoms with Crippen LogP contribution in [0.2, 0.25) is 0 Å². The quantitative estimate of drug-likeness (QED) is 0.572. The monoisotopic (exact) mass is 332 g/mol. The zero-order valence-corrected chi connectivity index (χ0v) is 13.9. The highest BCUT2D eigenvalue weighted by Gasteiger charge is 2.12. The molecule has 0 bridgehead atoms. The molecule has 0 amide bonds. The molecule has 0 atom stereocenters. The summed E-state index contributed by atoms with van der Waals surface area (Å²) < 4.78 is 12.5. The van der Waals surface area contributed by atoms with Gasteiger partial charge in [0.2, 0.25) is 5.88 Å². The number of ether oxygens (including phenoxy) is 2. The summed E-state index contributed by atoms with van der Waals surface area (Å²) >= 11 is 0. The SMILES string of the molecule is COc1ncc(-c2cccc(-n3cnc4ccccc43)c2)c(OC)n1. The first-order chi connectivity index (χ1) is 12.3. The summed E-state index contributed by atoms with van der Waals surface area (Å²) in [6.45, 7) is 0. The Kier molecular flexibility index (Phi) is 3.78. The second kappa shape index (κ2) is 6.24. The lowest BCUT2D eigenvalue weighted by molar-refractivity contribution is 0.353. The molecule has 25 heavy (non-hydrogen) atoms. The predicted molar refractivity (Wildman–Crippen MR) is 95.2 cm³/mol. The summed E-state index contributed by atoms with van der Waals surface area (Å²) in [5.41, 5.74) is 4.77. The normalized spacial score (nSPS) is 10.8. The van der Waals surface area contributed by atoms with Crippen molar-refractivity contribution >= 4 is 11.0 Å². The maximum absolute atomic E-state index is 5.39. The minimum Gasteiger partial charge on any atom is -0.480 e. The van der Waals surface area contributed by atoms with Crippen LogP contribution in [-0.4, -0.2) is 33.7 Å². The number of para-hydroxylation sites is 2. The lowest BCUT2D eigenvalue weighted by Crippen LogP contribution is -1.98. The number of benzene rings is 2. The molecule has 0 fully saturated rings. The lowest BCUT2D eigenvalue weighted by atomic mass is 10.1. The molecule has 0 aliphatic heterocycles. The molecule has 4 rings (SSSR count). The highest BCUT2D eigenvalue weighted by Crippen LogP contribution is 2.30. The fourth-order valence-corrected chi connectivity index (χ4v) is 2.79. The molecule has 4 aromatic rings. The lowest BCUT2D eigenvalue weighted by Gasteiger charge is -2.10. The molecule has 6 nitrogen and oxygen atoms in total. The van der Waals surface area contributed by atoms with Gasteiger partial charge in [0.15, 0.2) is 0 Å². The van der Waals surface area contributed by atoms with E-state index >= 15 is 0 Å². The smallest absolute Gasteiger partial charge is 0.319 e. The van der Waals surface area contributed by atoms with Crippen LogP contribution in [0, 0.1) is 0 Å². The van der Waals surface area contributed by atoms with Gasteiger partial charge in [-0.2, -0.15) is 4.98 Å². The molecule has 2 aromatic carbocycles. The number of imidazole rings is 1. The number of hydrogen-bond donors (Lipinski definition) is 0. The minimum absolute atomic E-state index is 0.275. The van der Waals surface area contributed by atoms with Crippen LogP contribution in [0.15, 0.2) is 61.1 Å². The van der Waals surface area contributed by atoms with E-state index in [1.54, 1.807) is 13.3 Å². The van der Waals surface area contributed by atoms with E-state index < -0.39 is 0 Å². The molecule has 2 heterocycles. The number of hydrogen-bond acceptors (Lipinski definition) is 5. The predicted octanol–water partition coefficient (Wildman–Crippen LogP) is 3.50. The van der Waals surface area contributed by atoms with E-state index in [1.165, 1.54) is 7.11 Å². The Morgan fingerprint density at radius 3 is 2.64 bits per heavy atom. The topological polar surface area (TPSA) is 62.1 Å². The fourth-order valence-electron chi connectivity index (χ4n) is 2.79. The number of rotatable bonds is 4. The Morgan fingerprint density at radius 1 is 0.920 bits per heavy atom. The molecule has 0 saturated carbocycles. The summed E-state index contributed by atoms with van der Waals surface area (Å²) in [6.07, 6.45) is 3.53. The summed E-state index contributed by atoms with van der Waals surface area (Å²) in [6, 6.07) is 16.4. The molecule has 6 heteroatoms. The van der Waals surface area contributed by atoms with Crippen LogP contribution in [0.1, 0.15) is 0 Å². The van der Waals surface area contributed by atoms with Crippen molar-refractivity contribution in [1.29, 1.82) is 0 Å². The van der Waals surface area contributed by atoms with Crippen LogP contribution in [-0.2, 0) is 0 Å². The van der Waals surface area contributed by atoms with Crippen molar-refractivity contribution in [2.45, 2.75) is 0 Å². The third-order valence-electron chi connectivity index (χ3n) is 4.00. The van der Waals surface area contributed by atoms with Crippen molar-refractivity contribution < 1.29 is 9.47 Å². The molecular formula is C19H16N4O2. The average Bonchev–Trinajstić information content (AvgIpc) is 3.11. The number of methoxy groups -OCH3 is 2. The molecule has 0 radical (unpaired) electrons. The van der Waals surface area contributed by atoms with Gasteiger partial charge >= 0.3 is 6.01 Å². The third-order valence-corrected chi connectivity index (χ3v) is 4.00. The van der Waals surface area contributed by atoms with Crippen molar-refractivity contribution in [2.24, 2.45) is 0 Å². The van der Waals surface area contributed by atoms with Gasteiger partial charge in [-0.25, -0.2) is 9.97 Å². The average molecular weight is 332 g/mol. The van der Waals surface area contributed by atoms with Crippen LogP contribution >= 0.6 is 0 Å². The van der Waals surface area contributed by atoms with Crippen molar-refractivity contribution in [3.8, 4) is 28.7 Å². The van der Waals surface area contributed by atoms with Crippen molar-refractivity contribution in [3.63, 3.8) is 0 Å². The van der Waals surface area contributed by atoms with Gasteiger partial charge in [0.25, 0.3) is 0 Å².